The molecule has 2 rings (SSSR count). The number of nitrogens with one attached hydrogen (secondary N) is 1. The molecule has 2 unspecified atom stereocenters. The van der Waals surface area contributed by atoms with Crippen molar-refractivity contribution in [3.63, 3.8) is 0 Å². The molecule has 2 saturated carbocycles. The minimum Gasteiger partial charge on any atom is -0.481 e. The van der Waals surface area contributed by atoms with Gasteiger partial charge in [0.2, 0.25) is 5.91 Å². The molecule has 2 aliphatic rings. The van der Waals surface area contributed by atoms with Crippen molar-refractivity contribution in [2.75, 3.05) is 7.11 Å². The molecular formula is C16H27NO4. The summed E-state index contributed by atoms with van der Waals surface area (Å²) in [6, 6.07) is 0.0735. The topological polar surface area (TPSA) is 75.6 Å². The van der Waals surface area contributed by atoms with E-state index in [0.29, 0.717) is 12.8 Å². The van der Waals surface area contributed by atoms with Crippen LogP contribution in [-0.2, 0) is 14.3 Å². The molecule has 2 atom stereocenters. The van der Waals surface area contributed by atoms with Crippen LogP contribution in [0.4, 0.5) is 0 Å². The molecule has 0 aromatic carbocycles. The van der Waals surface area contributed by atoms with Gasteiger partial charge in [-0.05, 0) is 19.3 Å². The number of aliphatic carboxylic acids is 1. The highest BCUT2D eigenvalue weighted by Crippen LogP contribution is 2.43. The van der Waals surface area contributed by atoms with Crippen molar-refractivity contribution in [1.29, 1.82) is 0 Å². The number of ether oxygens (including phenoxy) is 1. The maximum absolute atomic E-state index is 12.3. The molecule has 2 aliphatic carbocycles. The molecule has 0 aromatic heterocycles. The Kier molecular flexibility index (Phi) is 4.61. The van der Waals surface area contributed by atoms with Crippen LogP contribution in [0.3, 0.4) is 0 Å². The van der Waals surface area contributed by atoms with E-state index in [2.05, 4.69) is 19.2 Å². The van der Waals surface area contributed by atoms with Crippen LogP contribution in [0.2, 0.25) is 0 Å². The number of hydrogen-bond donors (Lipinski definition) is 2. The van der Waals surface area contributed by atoms with Crippen molar-refractivity contribution in [2.24, 2.45) is 10.8 Å². The molecule has 2 fully saturated rings. The van der Waals surface area contributed by atoms with Crippen LogP contribution >= 0.6 is 0 Å². The van der Waals surface area contributed by atoms with Gasteiger partial charge in [0.05, 0.1) is 11.5 Å². The Hall–Kier alpha value is -1.10. The van der Waals surface area contributed by atoms with E-state index < -0.39 is 11.4 Å². The van der Waals surface area contributed by atoms with Crippen molar-refractivity contribution in [1.82, 2.24) is 5.32 Å². The number of amides is 1. The Balaban J connectivity index is 1.93. The zero-order chi connectivity index (χ0) is 15.7. The molecule has 0 radical (unpaired) electrons. The average molecular weight is 297 g/mol. The first-order valence-electron chi connectivity index (χ1n) is 7.87. The third-order valence-electron chi connectivity index (χ3n) is 5.56. The lowest BCUT2D eigenvalue weighted by molar-refractivity contribution is -0.155. The molecule has 0 aliphatic heterocycles. The summed E-state index contributed by atoms with van der Waals surface area (Å²) in [5, 5.41) is 12.5. The van der Waals surface area contributed by atoms with Gasteiger partial charge in [0.15, 0.2) is 0 Å². The second kappa shape index (κ2) is 5.95. The minimum atomic E-state index is -0.850. The highest BCUT2D eigenvalue weighted by molar-refractivity contribution is 5.85. The SMILES string of the molecule is COC1CC(NC(=O)CC2(C(=O)O)CCCCC2)C1(C)C. The van der Waals surface area contributed by atoms with E-state index in [4.69, 9.17) is 4.74 Å². The first kappa shape index (κ1) is 16.3. The van der Waals surface area contributed by atoms with Gasteiger partial charge < -0.3 is 15.2 Å². The van der Waals surface area contributed by atoms with Gasteiger partial charge in [0.1, 0.15) is 0 Å². The Morgan fingerprint density at radius 3 is 2.33 bits per heavy atom. The lowest BCUT2D eigenvalue weighted by atomic mass is 9.64. The summed E-state index contributed by atoms with van der Waals surface area (Å²) in [5.74, 6) is -0.952. The van der Waals surface area contributed by atoms with Crippen molar-refractivity contribution >= 4 is 11.9 Å². The van der Waals surface area contributed by atoms with Gasteiger partial charge in [-0.3, -0.25) is 9.59 Å². The van der Waals surface area contributed by atoms with E-state index in [-0.39, 0.29) is 29.9 Å². The van der Waals surface area contributed by atoms with E-state index in [9.17, 15) is 14.7 Å². The zero-order valence-electron chi connectivity index (χ0n) is 13.3. The van der Waals surface area contributed by atoms with Gasteiger partial charge in [-0.25, -0.2) is 0 Å². The number of carboxylic acid groups (broad SMARTS) is 1. The number of carboxylic acids is 1. The van der Waals surface area contributed by atoms with Crippen LogP contribution in [0.15, 0.2) is 0 Å². The molecular weight excluding hydrogens is 270 g/mol. The molecule has 2 N–H and O–H groups in total. The fraction of sp³-hybridized carbons (Fsp3) is 0.875. The van der Waals surface area contributed by atoms with E-state index in [1.54, 1.807) is 7.11 Å². The predicted molar refractivity (Wildman–Crippen MR) is 78.9 cm³/mol. The van der Waals surface area contributed by atoms with Gasteiger partial charge in [-0.1, -0.05) is 33.1 Å². The van der Waals surface area contributed by atoms with E-state index in [1.165, 1.54) is 0 Å². The molecule has 5 nitrogen and oxygen atoms in total. The van der Waals surface area contributed by atoms with Crippen LogP contribution in [0, 0.1) is 10.8 Å². The summed E-state index contributed by atoms with van der Waals surface area (Å²) in [7, 11) is 1.69. The fourth-order valence-electron chi connectivity index (χ4n) is 3.78. The summed E-state index contributed by atoms with van der Waals surface area (Å²) in [6.45, 7) is 4.15. The van der Waals surface area contributed by atoms with Gasteiger partial charge in [-0.15, -0.1) is 0 Å². The molecule has 5 heteroatoms. The van der Waals surface area contributed by atoms with Crippen molar-refractivity contribution in [3.8, 4) is 0 Å². The van der Waals surface area contributed by atoms with Crippen LogP contribution in [0.1, 0.15) is 58.8 Å². The number of rotatable bonds is 5. The normalized spacial score (nSPS) is 30.2. The van der Waals surface area contributed by atoms with Crippen LogP contribution in [0.5, 0.6) is 0 Å². The lowest BCUT2D eigenvalue weighted by Gasteiger charge is -2.51. The summed E-state index contributed by atoms with van der Waals surface area (Å²) in [6.07, 6.45) is 5.17. The Bertz CT molecular complexity index is 413. The average Bonchev–Trinajstić information content (AvgIpc) is 2.43. The van der Waals surface area contributed by atoms with Crippen LogP contribution < -0.4 is 5.32 Å². The van der Waals surface area contributed by atoms with Crippen molar-refractivity contribution in [2.45, 2.75) is 70.9 Å². The zero-order valence-corrected chi connectivity index (χ0v) is 13.3. The molecule has 0 spiro atoms. The summed E-state index contributed by atoms with van der Waals surface area (Å²) in [4.78, 5) is 23.9. The number of carbonyl (C=O) groups is 2. The molecule has 0 heterocycles. The second-order valence-electron chi connectivity index (χ2n) is 7.22. The number of carbonyl (C=O) groups excluding carboxylic acids is 1. The van der Waals surface area contributed by atoms with E-state index >= 15 is 0 Å². The van der Waals surface area contributed by atoms with E-state index in [0.717, 1.165) is 25.7 Å². The Morgan fingerprint density at radius 1 is 1.24 bits per heavy atom. The van der Waals surface area contributed by atoms with Gasteiger partial charge in [-0.2, -0.15) is 0 Å². The third kappa shape index (κ3) is 3.07. The highest BCUT2D eigenvalue weighted by Gasteiger charge is 2.50. The molecule has 0 bridgehead atoms. The Morgan fingerprint density at radius 2 is 1.86 bits per heavy atom. The molecule has 1 amide bonds. The minimum absolute atomic E-state index is 0.0735. The van der Waals surface area contributed by atoms with Gasteiger partial charge >= 0.3 is 5.97 Å². The van der Waals surface area contributed by atoms with E-state index in [1.807, 2.05) is 0 Å². The Labute approximate surface area is 126 Å². The largest absolute Gasteiger partial charge is 0.481 e. The number of methoxy groups -OCH3 is 1. The maximum atomic E-state index is 12.3. The number of hydrogen-bond acceptors (Lipinski definition) is 3. The van der Waals surface area contributed by atoms with Crippen LogP contribution in [0.25, 0.3) is 0 Å². The predicted octanol–water partition coefficient (Wildman–Crippen LogP) is 2.34. The third-order valence-corrected chi connectivity index (χ3v) is 5.56. The van der Waals surface area contributed by atoms with Gasteiger partial charge in [0, 0.05) is 25.0 Å². The maximum Gasteiger partial charge on any atom is 0.310 e. The summed E-state index contributed by atoms with van der Waals surface area (Å²) in [5.41, 5.74) is -0.940. The summed E-state index contributed by atoms with van der Waals surface area (Å²) < 4.78 is 5.38. The molecule has 21 heavy (non-hydrogen) atoms. The molecule has 120 valence electrons. The lowest BCUT2D eigenvalue weighted by Crippen LogP contribution is -2.62. The highest BCUT2D eigenvalue weighted by atomic mass is 16.5. The standard InChI is InChI=1S/C16H27NO4/c1-15(2)11(9-12(15)21-3)17-13(18)10-16(14(19)20)7-5-4-6-8-16/h11-12H,4-10H2,1-3H3,(H,17,18)(H,19,20). The van der Waals surface area contributed by atoms with Crippen molar-refractivity contribution < 1.29 is 19.4 Å². The van der Waals surface area contributed by atoms with Gasteiger partial charge in [0.25, 0.3) is 0 Å². The second-order valence-corrected chi connectivity index (χ2v) is 7.22. The first-order chi connectivity index (χ1) is 9.82. The monoisotopic (exact) mass is 297 g/mol. The fourth-order valence-corrected chi connectivity index (χ4v) is 3.78. The smallest absolute Gasteiger partial charge is 0.310 e. The van der Waals surface area contributed by atoms with Crippen LogP contribution in [-0.4, -0.2) is 36.2 Å². The molecule has 0 saturated heterocycles. The van der Waals surface area contributed by atoms with Crippen molar-refractivity contribution in [3.05, 3.63) is 0 Å². The quantitative estimate of drug-likeness (QED) is 0.816. The molecule has 0 aromatic rings. The first-order valence-corrected chi connectivity index (χ1v) is 7.87. The summed E-state index contributed by atoms with van der Waals surface area (Å²) >= 11 is 0.